The Labute approximate surface area is 208 Å². The zero-order valence-corrected chi connectivity index (χ0v) is 20.3. The first kappa shape index (κ1) is 22.2. The summed E-state index contributed by atoms with van der Waals surface area (Å²) < 4.78 is 7.65. The molecule has 35 heavy (non-hydrogen) atoms. The topological polar surface area (TPSA) is 79.3 Å². The third-order valence-corrected chi connectivity index (χ3v) is 7.69. The number of hydrogen-bond acceptors (Lipinski definition) is 6. The van der Waals surface area contributed by atoms with Crippen molar-refractivity contribution in [3.05, 3.63) is 71.4 Å². The summed E-state index contributed by atoms with van der Waals surface area (Å²) in [5.74, 6) is 1.31. The molecule has 0 atom stereocenters. The summed E-state index contributed by atoms with van der Waals surface area (Å²) >= 11 is 1.47. The van der Waals surface area contributed by atoms with E-state index in [1.807, 2.05) is 29.2 Å². The maximum absolute atomic E-state index is 13.2. The van der Waals surface area contributed by atoms with Crippen molar-refractivity contribution >= 4 is 34.5 Å². The predicted molar refractivity (Wildman–Crippen MR) is 137 cm³/mol. The van der Waals surface area contributed by atoms with Gasteiger partial charge in [0, 0.05) is 54.8 Å². The SMILES string of the molecule is O=C(CSc1nnc(N2CCOCC2)n1Cc1ccccc1)N1CCc2[nH]c3ccccc3c2C1. The maximum atomic E-state index is 13.2. The van der Waals surface area contributed by atoms with Gasteiger partial charge >= 0.3 is 0 Å². The third-order valence-electron chi connectivity index (χ3n) is 6.73. The Hall–Kier alpha value is -3.30. The second-order valence-electron chi connectivity index (χ2n) is 8.94. The van der Waals surface area contributed by atoms with E-state index >= 15 is 0 Å². The highest BCUT2D eigenvalue weighted by atomic mass is 32.2. The smallest absolute Gasteiger partial charge is 0.233 e. The first-order valence-electron chi connectivity index (χ1n) is 12.0. The first-order valence-corrected chi connectivity index (χ1v) is 13.0. The highest BCUT2D eigenvalue weighted by Gasteiger charge is 2.26. The molecule has 180 valence electrons. The van der Waals surface area contributed by atoms with E-state index in [9.17, 15) is 4.79 Å². The molecule has 9 heteroatoms. The van der Waals surface area contributed by atoms with Gasteiger partial charge in [0.2, 0.25) is 11.9 Å². The van der Waals surface area contributed by atoms with Crippen molar-refractivity contribution < 1.29 is 9.53 Å². The molecule has 0 bridgehead atoms. The number of nitrogens with zero attached hydrogens (tertiary/aromatic N) is 5. The van der Waals surface area contributed by atoms with Crippen LogP contribution < -0.4 is 4.90 Å². The number of aromatic nitrogens is 4. The van der Waals surface area contributed by atoms with Crippen LogP contribution in [-0.4, -0.2) is 69.2 Å². The van der Waals surface area contributed by atoms with Crippen molar-refractivity contribution in [1.29, 1.82) is 0 Å². The molecule has 2 aromatic heterocycles. The minimum atomic E-state index is 0.133. The monoisotopic (exact) mass is 488 g/mol. The highest BCUT2D eigenvalue weighted by Crippen LogP contribution is 2.29. The molecule has 0 radical (unpaired) electrons. The Balaban J connectivity index is 1.19. The first-order chi connectivity index (χ1) is 17.3. The van der Waals surface area contributed by atoms with Crippen LogP contribution in [0, 0.1) is 0 Å². The lowest BCUT2D eigenvalue weighted by molar-refractivity contribution is -0.129. The average Bonchev–Trinajstić information content (AvgIpc) is 3.49. The van der Waals surface area contributed by atoms with Gasteiger partial charge in [-0.25, -0.2) is 0 Å². The molecule has 1 saturated heterocycles. The lowest BCUT2D eigenvalue weighted by Crippen LogP contribution is -2.38. The van der Waals surface area contributed by atoms with Crippen LogP contribution >= 0.6 is 11.8 Å². The number of amides is 1. The fraction of sp³-hybridized carbons (Fsp3) is 0.346. The van der Waals surface area contributed by atoms with Gasteiger partial charge in [-0.15, -0.1) is 10.2 Å². The molecular weight excluding hydrogens is 460 g/mol. The number of nitrogens with one attached hydrogen (secondary N) is 1. The van der Waals surface area contributed by atoms with Crippen LogP contribution in [0.25, 0.3) is 10.9 Å². The summed E-state index contributed by atoms with van der Waals surface area (Å²) in [4.78, 5) is 20.9. The average molecular weight is 489 g/mol. The molecule has 2 aliphatic rings. The van der Waals surface area contributed by atoms with Crippen LogP contribution in [0.1, 0.15) is 16.8 Å². The summed E-state index contributed by atoms with van der Waals surface area (Å²) in [5.41, 5.74) is 4.82. The second-order valence-corrected chi connectivity index (χ2v) is 9.88. The van der Waals surface area contributed by atoms with Crippen molar-refractivity contribution in [3.8, 4) is 0 Å². The summed E-state index contributed by atoms with van der Waals surface area (Å²) in [7, 11) is 0. The Morgan fingerprint density at radius 3 is 2.66 bits per heavy atom. The van der Waals surface area contributed by atoms with Gasteiger partial charge in [-0.1, -0.05) is 60.3 Å². The van der Waals surface area contributed by atoms with Gasteiger partial charge in [0.25, 0.3) is 0 Å². The number of thioether (sulfide) groups is 1. The van der Waals surface area contributed by atoms with Crippen molar-refractivity contribution in [2.45, 2.75) is 24.7 Å². The molecular formula is C26H28N6O2S. The molecule has 1 fully saturated rings. The number of rotatable bonds is 6. The molecule has 8 nitrogen and oxygen atoms in total. The van der Waals surface area contributed by atoms with Crippen LogP contribution in [-0.2, 0) is 29.0 Å². The number of aromatic amines is 1. The number of para-hydroxylation sites is 1. The van der Waals surface area contributed by atoms with Gasteiger partial charge in [-0.2, -0.15) is 0 Å². The molecule has 6 rings (SSSR count). The number of hydrogen-bond donors (Lipinski definition) is 1. The number of anilines is 1. The number of benzene rings is 2. The second kappa shape index (κ2) is 9.75. The van der Waals surface area contributed by atoms with E-state index in [1.165, 1.54) is 34.0 Å². The zero-order valence-electron chi connectivity index (χ0n) is 19.5. The van der Waals surface area contributed by atoms with Crippen LogP contribution in [0.15, 0.2) is 59.8 Å². The Kier molecular flexibility index (Phi) is 6.18. The fourth-order valence-electron chi connectivity index (χ4n) is 4.89. The van der Waals surface area contributed by atoms with Gasteiger partial charge in [0.1, 0.15) is 0 Å². The number of fused-ring (bicyclic) bond motifs is 3. The molecule has 2 aliphatic heterocycles. The number of carbonyl (C=O) groups is 1. The molecule has 1 N–H and O–H groups in total. The van der Waals surface area contributed by atoms with Crippen LogP contribution in [0.4, 0.5) is 5.95 Å². The molecule has 1 amide bonds. The van der Waals surface area contributed by atoms with Crippen LogP contribution in [0.2, 0.25) is 0 Å². The molecule has 4 heterocycles. The lowest BCUT2D eigenvalue weighted by Gasteiger charge is -2.28. The summed E-state index contributed by atoms with van der Waals surface area (Å²) in [6.07, 6.45) is 0.853. The van der Waals surface area contributed by atoms with E-state index in [0.717, 1.165) is 42.7 Å². The van der Waals surface area contributed by atoms with E-state index in [0.29, 0.717) is 32.1 Å². The molecule has 0 unspecified atom stereocenters. The Morgan fingerprint density at radius 1 is 1.00 bits per heavy atom. The minimum absolute atomic E-state index is 0.133. The van der Waals surface area contributed by atoms with E-state index < -0.39 is 0 Å². The molecule has 4 aromatic rings. The van der Waals surface area contributed by atoms with Crippen molar-refractivity contribution in [2.75, 3.05) is 43.5 Å². The van der Waals surface area contributed by atoms with Gasteiger partial charge in [-0.3, -0.25) is 9.36 Å². The van der Waals surface area contributed by atoms with Crippen molar-refractivity contribution in [2.24, 2.45) is 0 Å². The van der Waals surface area contributed by atoms with E-state index in [-0.39, 0.29) is 5.91 Å². The fourth-order valence-corrected chi connectivity index (χ4v) is 5.72. The molecule has 0 saturated carbocycles. The standard InChI is InChI=1S/C26H28N6O2S/c33-24(31-11-10-23-21(17-31)20-8-4-5-9-22(20)27-23)18-35-26-29-28-25(30-12-14-34-15-13-30)32(26)16-19-6-2-1-3-7-19/h1-9,27H,10-18H2. The number of carbonyl (C=O) groups excluding carboxylic acids is 1. The largest absolute Gasteiger partial charge is 0.378 e. The van der Waals surface area contributed by atoms with Gasteiger partial charge < -0.3 is 19.5 Å². The zero-order chi connectivity index (χ0) is 23.6. The predicted octanol–water partition coefficient (Wildman–Crippen LogP) is 3.32. The van der Waals surface area contributed by atoms with E-state index in [2.05, 4.69) is 55.0 Å². The molecule has 0 aliphatic carbocycles. The van der Waals surface area contributed by atoms with Gasteiger partial charge in [-0.05, 0) is 11.6 Å². The van der Waals surface area contributed by atoms with Crippen LogP contribution in [0.5, 0.6) is 0 Å². The number of ether oxygens (including phenoxy) is 1. The lowest BCUT2D eigenvalue weighted by atomic mass is 10.0. The van der Waals surface area contributed by atoms with Gasteiger partial charge in [0.15, 0.2) is 5.16 Å². The van der Waals surface area contributed by atoms with Crippen molar-refractivity contribution in [1.82, 2.24) is 24.6 Å². The van der Waals surface area contributed by atoms with Gasteiger partial charge in [0.05, 0.1) is 25.5 Å². The minimum Gasteiger partial charge on any atom is -0.378 e. The number of morpholine rings is 1. The number of H-pyrrole nitrogens is 1. The molecule has 0 spiro atoms. The third kappa shape index (κ3) is 4.53. The Bertz CT molecular complexity index is 1330. The van der Waals surface area contributed by atoms with E-state index in [1.54, 1.807) is 0 Å². The Morgan fingerprint density at radius 2 is 1.80 bits per heavy atom. The molecule has 2 aromatic carbocycles. The quantitative estimate of drug-likeness (QED) is 0.420. The maximum Gasteiger partial charge on any atom is 0.233 e. The summed E-state index contributed by atoms with van der Waals surface area (Å²) in [5, 5.41) is 11.0. The van der Waals surface area contributed by atoms with E-state index in [4.69, 9.17) is 4.74 Å². The normalized spacial score (nSPS) is 16.0. The summed E-state index contributed by atoms with van der Waals surface area (Å²) in [6, 6.07) is 18.6. The highest BCUT2D eigenvalue weighted by molar-refractivity contribution is 7.99. The van der Waals surface area contributed by atoms with Crippen molar-refractivity contribution in [3.63, 3.8) is 0 Å². The summed E-state index contributed by atoms with van der Waals surface area (Å²) in [6.45, 7) is 4.99. The van der Waals surface area contributed by atoms with Crippen LogP contribution in [0.3, 0.4) is 0 Å².